The van der Waals surface area contributed by atoms with Crippen LogP contribution in [0.5, 0.6) is 0 Å². The molecule has 84 valence electrons. The Hall–Kier alpha value is 0.250. The number of ether oxygens (including phenoxy) is 1. The van der Waals surface area contributed by atoms with Crippen LogP contribution < -0.4 is 0 Å². The number of hydrogen-bond donors (Lipinski definition) is 0. The molecule has 0 N–H and O–H groups in total. The maximum atomic E-state index is 6.28. The van der Waals surface area contributed by atoms with Crippen LogP contribution in [0.25, 0.3) is 0 Å². The van der Waals surface area contributed by atoms with Gasteiger partial charge in [-0.1, -0.05) is 12.8 Å². The second kappa shape index (κ2) is 5.37. The van der Waals surface area contributed by atoms with Gasteiger partial charge in [-0.2, -0.15) is 0 Å². The second-order valence-electron chi connectivity index (χ2n) is 5.31. The van der Waals surface area contributed by atoms with Gasteiger partial charge in [0.25, 0.3) is 0 Å². The van der Waals surface area contributed by atoms with Crippen molar-refractivity contribution < 1.29 is 4.74 Å². The van der Waals surface area contributed by atoms with Gasteiger partial charge in [0.15, 0.2) is 0 Å². The van der Waals surface area contributed by atoms with E-state index in [4.69, 9.17) is 16.3 Å². The van der Waals surface area contributed by atoms with Gasteiger partial charge in [-0.25, -0.2) is 0 Å². The Kier molecular flexibility index (Phi) is 4.72. The van der Waals surface area contributed by atoms with E-state index in [1.54, 1.807) is 0 Å². The third-order valence-electron chi connectivity index (χ3n) is 2.84. The summed E-state index contributed by atoms with van der Waals surface area (Å²) in [6, 6.07) is 0. The summed E-state index contributed by atoms with van der Waals surface area (Å²) >= 11 is 6.28. The predicted octanol–water partition coefficient (Wildman–Crippen LogP) is 3.99. The summed E-state index contributed by atoms with van der Waals surface area (Å²) < 4.78 is 5.72. The van der Waals surface area contributed by atoms with Gasteiger partial charge in [-0.3, -0.25) is 0 Å². The average Bonchev–Trinajstić information content (AvgIpc) is 2.06. The van der Waals surface area contributed by atoms with Crippen LogP contribution in [-0.2, 0) is 4.74 Å². The molecule has 0 spiro atoms. The van der Waals surface area contributed by atoms with E-state index in [0.717, 1.165) is 13.0 Å². The maximum Gasteiger partial charge on any atom is 0.0598 e. The van der Waals surface area contributed by atoms with Crippen molar-refractivity contribution >= 4 is 11.6 Å². The van der Waals surface area contributed by atoms with Crippen molar-refractivity contribution in [3.8, 4) is 0 Å². The summed E-state index contributed by atoms with van der Waals surface area (Å²) in [4.78, 5) is 0. The number of hydrogen-bond acceptors (Lipinski definition) is 1. The lowest BCUT2D eigenvalue weighted by Gasteiger charge is -2.28. The maximum absolute atomic E-state index is 6.28. The van der Waals surface area contributed by atoms with Crippen molar-refractivity contribution in [1.82, 2.24) is 0 Å². The van der Waals surface area contributed by atoms with Crippen molar-refractivity contribution in [1.29, 1.82) is 0 Å². The van der Waals surface area contributed by atoms with Gasteiger partial charge >= 0.3 is 0 Å². The molecule has 0 saturated heterocycles. The molecular weight excluding hydrogens is 196 g/mol. The molecular formula is C12H23ClO. The van der Waals surface area contributed by atoms with E-state index in [-0.39, 0.29) is 5.60 Å². The van der Waals surface area contributed by atoms with E-state index in [0.29, 0.717) is 11.3 Å². The minimum atomic E-state index is -0.00350. The molecule has 0 bridgehead atoms. The number of alkyl halides is 1. The van der Waals surface area contributed by atoms with Gasteiger partial charge in [0, 0.05) is 12.0 Å². The quantitative estimate of drug-likeness (QED) is 0.651. The van der Waals surface area contributed by atoms with Gasteiger partial charge in [0.2, 0.25) is 0 Å². The van der Waals surface area contributed by atoms with Crippen LogP contribution in [0.4, 0.5) is 0 Å². The average molecular weight is 219 g/mol. The van der Waals surface area contributed by atoms with Crippen molar-refractivity contribution in [3.05, 3.63) is 0 Å². The molecule has 0 aliphatic heterocycles. The Morgan fingerprint density at radius 3 is 2.43 bits per heavy atom. The minimum Gasteiger partial charge on any atom is -0.376 e. The minimum absolute atomic E-state index is 0.00350. The summed E-state index contributed by atoms with van der Waals surface area (Å²) in [7, 11) is 0. The molecule has 1 saturated carbocycles. The lowest BCUT2D eigenvalue weighted by atomic mass is 9.87. The van der Waals surface area contributed by atoms with E-state index in [9.17, 15) is 0 Å². The fraction of sp³-hybridized carbons (Fsp3) is 1.00. The van der Waals surface area contributed by atoms with Crippen LogP contribution in [0, 0.1) is 5.92 Å². The Labute approximate surface area is 93.2 Å². The van der Waals surface area contributed by atoms with Crippen LogP contribution >= 0.6 is 11.6 Å². The topological polar surface area (TPSA) is 9.23 Å². The molecule has 2 heteroatoms. The summed E-state index contributed by atoms with van der Waals surface area (Å²) in [5.41, 5.74) is -0.00350. The molecule has 1 rings (SSSR count). The Morgan fingerprint density at radius 2 is 1.86 bits per heavy atom. The summed E-state index contributed by atoms with van der Waals surface area (Å²) in [5, 5.41) is 0.396. The van der Waals surface area contributed by atoms with E-state index in [1.165, 1.54) is 25.7 Å². The highest BCUT2D eigenvalue weighted by molar-refractivity contribution is 6.20. The molecule has 1 aliphatic carbocycles. The highest BCUT2D eigenvalue weighted by Gasteiger charge is 2.23. The predicted molar refractivity (Wildman–Crippen MR) is 61.9 cm³/mol. The van der Waals surface area contributed by atoms with Gasteiger partial charge in [0.1, 0.15) is 0 Å². The third-order valence-corrected chi connectivity index (χ3v) is 3.41. The molecule has 1 nitrogen and oxygen atoms in total. The Balaban J connectivity index is 2.17. The SMILES string of the molecule is CC(C)(C)OCCC1CCCCC1Cl. The molecule has 0 aromatic heterocycles. The fourth-order valence-electron chi connectivity index (χ4n) is 2.00. The molecule has 14 heavy (non-hydrogen) atoms. The summed E-state index contributed by atoms with van der Waals surface area (Å²) in [5.74, 6) is 0.688. The van der Waals surface area contributed by atoms with Crippen LogP contribution in [0.1, 0.15) is 52.9 Å². The molecule has 2 unspecified atom stereocenters. The smallest absolute Gasteiger partial charge is 0.0598 e. The second-order valence-corrected chi connectivity index (χ2v) is 5.87. The molecule has 1 fully saturated rings. The zero-order valence-corrected chi connectivity index (χ0v) is 10.4. The zero-order chi connectivity index (χ0) is 10.6. The Bertz CT molecular complexity index is 162. The van der Waals surface area contributed by atoms with Crippen LogP contribution in [0.2, 0.25) is 0 Å². The van der Waals surface area contributed by atoms with Crippen LogP contribution in [0.3, 0.4) is 0 Å². The zero-order valence-electron chi connectivity index (χ0n) is 9.68. The van der Waals surface area contributed by atoms with Gasteiger partial charge in [-0.15, -0.1) is 11.6 Å². The first-order valence-corrected chi connectivity index (χ1v) is 6.21. The summed E-state index contributed by atoms with van der Waals surface area (Å²) in [6.45, 7) is 7.17. The van der Waals surface area contributed by atoms with E-state index < -0.39 is 0 Å². The summed E-state index contributed by atoms with van der Waals surface area (Å²) in [6.07, 6.45) is 6.28. The molecule has 0 heterocycles. The largest absolute Gasteiger partial charge is 0.376 e. The molecule has 1 aliphatic rings. The van der Waals surface area contributed by atoms with E-state index in [1.807, 2.05) is 0 Å². The standard InChI is InChI=1S/C12H23ClO/c1-12(2,3)14-9-8-10-6-4-5-7-11(10)13/h10-11H,4-9H2,1-3H3. The fourth-order valence-corrected chi connectivity index (χ4v) is 2.41. The van der Waals surface area contributed by atoms with E-state index >= 15 is 0 Å². The highest BCUT2D eigenvalue weighted by Crippen LogP contribution is 2.31. The van der Waals surface area contributed by atoms with Crippen molar-refractivity contribution in [2.75, 3.05) is 6.61 Å². The van der Waals surface area contributed by atoms with Gasteiger partial charge in [0.05, 0.1) is 5.60 Å². The third kappa shape index (κ3) is 4.65. The number of rotatable bonds is 3. The highest BCUT2D eigenvalue weighted by atomic mass is 35.5. The van der Waals surface area contributed by atoms with Crippen molar-refractivity contribution in [2.24, 2.45) is 5.92 Å². The molecule has 0 aromatic rings. The molecule has 0 amide bonds. The first-order chi connectivity index (χ1) is 6.49. The van der Waals surface area contributed by atoms with Crippen molar-refractivity contribution in [3.63, 3.8) is 0 Å². The van der Waals surface area contributed by atoms with Gasteiger partial charge < -0.3 is 4.74 Å². The monoisotopic (exact) mass is 218 g/mol. The first kappa shape index (κ1) is 12.3. The first-order valence-electron chi connectivity index (χ1n) is 5.77. The van der Waals surface area contributed by atoms with Crippen LogP contribution in [0.15, 0.2) is 0 Å². The van der Waals surface area contributed by atoms with Gasteiger partial charge in [-0.05, 0) is 46.0 Å². The normalized spacial score (nSPS) is 29.1. The molecule has 0 aromatic carbocycles. The lowest BCUT2D eigenvalue weighted by Crippen LogP contribution is -2.25. The molecule has 2 atom stereocenters. The van der Waals surface area contributed by atoms with Crippen molar-refractivity contribution in [2.45, 2.75) is 63.9 Å². The Morgan fingerprint density at radius 1 is 1.21 bits per heavy atom. The van der Waals surface area contributed by atoms with E-state index in [2.05, 4.69) is 20.8 Å². The molecule has 0 radical (unpaired) electrons. The van der Waals surface area contributed by atoms with Crippen LogP contribution in [-0.4, -0.2) is 17.6 Å². The number of halogens is 1. The lowest BCUT2D eigenvalue weighted by molar-refractivity contribution is -0.0107.